The van der Waals surface area contributed by atoms with Crippen LogP contribution in [0.1, 0.15) is 37.9 Å². The zero-order chi connectivity index (χ0) is 31.5. The molecule has 1 aliphatic rings. The highest BCUT2D eigenvalue weighted by molar-refractivity contribution is 6.37. The van der Waals surface area contributed by atoms with Crippen LogP contribution in [-0.4, -0.2) is 63.6 Å². The lowest BCUT2D eigenvalue weighted by molar-refractivity contribution is -0.145. The summed E-state index contributed by atoms with van der Waals surface area (Å²) >= 11 is 12.4. The topological polar surface area (TPSA) is 163 Å². The number of carbonyl (C=O) groups is 4. The molecule has 1 heterocycles. The molecule has 3 N–H and O–H groups in total. The van der Waals surface area contributed by atoms with Crippen molar-refractivity contribution in [2.45, 2.75) is 26.8 Å². The minimum atomic E-state index is -0.798. The number of methoxy groups -OCH3 is 1. The Hall–Kier alpha value is -4.49. The largest absolute Gasteiger partial charge is 0.493 e. The average molecular weight is 637 g/mol. The molecule has 3 rings (SSSR count). The lowest BCUT2D eigenvalue weighted by atomic mass is 9.95. The van der Waals surface area contributed by atoms with E-state index in [4.69, 9.17) is 46.9 Å². The predicted octanol–water partition coefficient (Wildman–Crippen LogP) is 3.66. The van der Waals surface area contributed by atoms with Gasteiger partial charge in [-0.05, 0) is 56.2 Å². The number of urea groups is 1. The molecule has 230 valence electrons. The van der Waals surface area contributed by atoms with Crippen molar-refractivity contribution in [2.75, 3.05) is 33.5 Å². The van der Waals surface area contributed by atoms with Gasteiger partial charge in [0.2, 0.25) is 0 Å². The smallest absolute Gasteiger partial charge is 0.344 e. The summed E-state index contributed by atoms with van der Waals surface area (Å²) in [4.78, 5) is 48.5. The molecule has 0 fully saturated rings. The highest BCUT2D eigenvalue weighted by Crippen LogP contribution is 2.35. The van der Waals surface area contributed by atoms with Crippen LogP contribution in [0.15, 0.2) is 46.7 Å². The second-order valence-corrected chi connectivity index (χ2v) is 9.50. The van der Waals surface area contributed by atoms with E-state index in [0.29, 0.717) is 16.8 Å². The maximum atomic E-state index is 12.6. The van der Waals surface area contributed by atoms with E-state index in [1.165, 1.54) is 25.5 Å². The minimum Gasteiger partial charge on any atom is -0.493 e. The highest BCUT2D eigenvalue weighted by atomic mass is 35.5. The van der Waals surface area contributed by atoms with Crippen molar-refractivity contribution in [3.63, 3.8) is 0 Å². The number of allylic oxidation sites excluding steroid dienone is 1. The van der Waals surface area contributed by atoms with Gasteiger partial charge in [0, 0.05) is 5.70 Å². The van der Waals surface area contributed by atoms with Gasteiger partial charge in [-0.15, -0.1) is 0 Å². The standard InChI is InChI=1S/C28H30Cl2N4O9/c1-5-40-23(36)14-43-26-18(29)9-16(10-19(26)30)12-31-34-22(35)13-42-20-8-7-17(11-21(20)39-4)25-24(27(37)41-6-2)15(3)32-28(38)33-25/h7-12,25H,5-6,13-14H2,1-4H3,(H,34,35)(H2,32,33,38)/b31-12-/t25-/m0/s1. The summed E-state index contributed by atoms with van der Waals surface area (Å²) in [6.45, 7) is 4.58. The van der Waals surface area contributed by atoms with E-state index in [1.54, 1.807) is 39.0 Å². The summed E-state index contributed by atoms with van der Waals surface area (Å²) in [5.41, 5.74) is 3.92. The van der Waals surface area contributed by atoms with Gasteiger partial charge < -0.3 is 34.3 Å². The molecular weight excluding hydrogens is 607 g/mol. The van der Waals surface area contributed by atoms with E-state index in [-0.39, 0.29) is 52.7 Å². The van der Waals surface area contributed by atoms with Gasteiger partial charge in [-0.2, -0.15) is 5.10 Å². The van der Waals surface area contributed by atoms with Crippen LogP contribution >= 0.6 is 23.2 Å². The molecule has 0 aromatic heterocycles. The van der Waals surface area contributed by atoms with Gasteiger partial charge in [-0.1, -0.05) is 29.3 Å². The summed E-state index contributed by atoms with van der Waals surface area (Å²) < 4.78 is 26.3. The van der Waals surface area contributed by atoms with Crippen molar-refractivity contribution < 1.29 is 42.9 Å². The van der Waals surface area contributed by atoms with Crippen LogP contribution in [0.3, 0.4) is 0 Å². The first-order valence-electron chi connectivity index (χ1n) is 12.9. The Morgan fingerprint density at radius 2 is 1.70 bits per heavy atom. The normalized spacial score (nSPS) is 14.5. The monoisotopic (exact) mass is 636 g/mol. The molecule has 3 amide bonds. The number of hydrogen-bond donors (Lipinski definition) is 3. The van der Waals surface area contributed by atoms with E-state index in [1.807, 2.05) is 0 Å². The Morgan fingerprint density at radius 1 is 1.00 bits per heavy atom. The molecule has 13 nitrogen and oxygen atoms in total. The van der Waals surface area contributed by atoms with Gasteiger partial charge in [-0.25, -0.2) is 19.8 Å². The van der Waals surface area contributed by atoms with Crippen molar-refractivity contribution in [1.29, 1.82) is 0 Å². The number of carbonyl (C=O) groups excluding carboxylic acids is 4. The number of hydrogen-bond acceptors (Lipinski definition) is 10. The first kappa shape index (κ1) is 33.0. The van der Waals surface area contributed by atoms with Crippen molar-refractivity contribution >= 4 is 53.3 Å². The van der Waals surface area contributed by atoms with Gasteiger partial charge in [0.1, 0.15) is 0 Å². The van der Waals surface area contributed by atoms with Crippen molar-refractivity contribution in [2.24, 2.45) is 5.10 Å². The number of nitrogens with one attached hydrogen (secondary N) is 3. The molecule has 1 aliphatic heterocycles. The van der Waals surface area contributed by atoms with Crippen LogP contribution in [0, 0.1) is 0 Å². The van der Waals surface area contributed by atoms with Gasteiger partial charge in [0.25, 0.3) is 5.91 Å². The van der Waals surface area contributed by atoms with Crippen LogP contribution in [0.5, 0.6) is 17.2 Å². The van der Waals surface area contributed by atoms with Crippen LogP contribution in [0.4, 0.5) is 4.79 Å². The summed E-state index contributed by atoms with van der Waals surface area (Å²) in [6, 6.07) is 6.46. The maximum absolute atomic E-state index is 12.6. The van der Waals surface area contributed by atoms with Crippen LogP contribution in [0.25, 0.3) is 0 Å². The van der Waals surface area contributed by atoms with E-state index in [9.17, 15) is 19.2 Å². The SMILES string of the molecule is CCOC(=O)COc1c(Cl)cc(/C=N\NC(=O)COc2ccc([C@@H]3NC(=O)NC(C)=C3C(=O)OCC)cc2OC)cc1Cl. The third kappa shape index (κ3) is 9.00. The number of nitrogens with zero attached hydrogens (tertiary/aromatic N) is 1. The first-order chi connectivity index (χ1) is 20.6. The summed E-state index contributed by atoms with van der Waals surface area (Å²) in [5.74, 6) is -1.11. The Bertz CT molecular complexity index is 1420. The molecule has 0 unspecified atom stereocenters. The molecule has 0 saturated heterocycles. The quantitative estimate of drug-likeness (QED) is 0.169. The minimum absolute atomic E-state index is 0.108. The lowest BCUT2D eigenvalue weighted by Crippen LogP contribution is -2.45. The van der Waals surface area contributed by atoms with Gasteiger partial charge in [0.15, 0.2) is 30.5 Å². The van der Waals surface area contributed by atoms with E-state index < -0.39 is 36.5 Å². The summed E-state index contributed by atoms with van der Waals surface area (Å²) in [6.07, 6.45) is 1.31. The second kappa shape index (κ2) is 15.7. The fraction of sp³-hybridized carbons (Fsp3) is 0.321. The predicted molar refractivity (Wildman–Crippen MR) is 157 cm³/mol. The summed E-state index contributed by atoms with van der Waals surface area (Å²) in [7, 11) is 1.41. The molecule has 2 aromatic rings. The molecule has 0 bridgehead atoms. The van der Waals surface area contributed by atoms with E-state index in [0.717, 1.165) is 0 Å². The third-order valence-corrected chi connectivity index (χ3v) is 6.27. The lowest BCUT2D eigenvalue weighted by Gasteiger charge is -2.28. The Balaban J connectivity index is 1.62. The van der Waals surface area contributed by atoms with Gasteiger partial charge in [-0.3, -0.25) is 4.79 Å². The fourth-order valence-electron chi connectivity index (χ4n) is 3.89. The third-order valence-electron chi connectivity index (χ3n) is 5.71. The Morgan fingerprint density at radius 3 is 2.35 bits per heavy atom. The molecule has 0 aliphatic carbocycles. The number of benzene rings is 2. The van der Waals surface area contributed by atoms with Crippen LogP contribution in [-0.2, 0) is 23.9 Å². The van der Waals surface area contributed by atoms with Crippen LogP contribution < -0.4 is 30.3 Å². The average Bonchev–Trinajstić information content (AvgIpc) is 2.95. The van der Waals surface area contributed by atoms with Crippen molar-refractivity contribution in [3.05, 3.63) is 62.8 Å². The first-order valence-corrected chi connectivity index (χ1v) is 13.7. The van der Waals surface area contributed by atoms with Gasteiger partial charge >= 0.3 is 18.0 Å². The number of ether oxygens (including phenoxy) is 5. The molecule has 0 saturated carbocycles. The molecule has 0 radical (unpaired) electrons. The second-order valence-electron chi connectivity index (χ2n) is 8.69. The Labute approximate surface area is 257 Å². The molecule has 2 aromatic carbocycles. The molecular formula is C28H30Cl2N4O9. The fourth-order valence-corrected chi connectivity index (χ4v) is 4.50. The molecule has 43 heavy (non-hydrogen) atoms. The maximum Gasteiger partial charge on any atom is 0.344 e. The molecule has 1 atom stereocenters. The number of amides is 3. The van der Waals surface area contributed by atoms with E-state index >= 15 is 0 Å². The zero-order valence-corrected chi connectivity index (χ0v) is 25.3. The Kier molecular flexibility index (Phi) is 12.0. The van der Waals surface area contributed by atoms with Crippen molar-refractivity contribution in [1.82, 2.24) is 16.1 Å². The molecule has 15 heteroatoms. The molecule has 0 spiro atoms. The number of halogens is 2. The summed E-state index contributed by atoms with van der Waals surface area (Å²) in [5, 5.41) is 9.42. The number of hydrazone groups is 1. The zero-order valence-electron chi connectivity index (χ0n) is 23.7. The van der Waals surface area contributed by atoms with Crippen LogP contribution in [0.2, 0.25) is 10.0 Å². The highest BCUT2D eigenvalue weighted by Gasteiger charge is 2.32. The number of rotatable bonds is 13. The number of esters is 2. The van der Waals surface area contributed by atoms with E-state index in [2.05, 4.69) is 21.2 Å². The van der Waals surface area contributed by atoms with Crippen molar-refractivity contribution in [3.8, 4) is 17.2 Å². The van der Waals surface area contributed by atoms with Gasteiger partial charge in [0.05, 0.1) is 48.2 Å².